The number of rotatable bonds is 10. The van der Waals surface area contributed by atoms with Gasteiger partial charge in [0.05, 0.1) is 11.4 Å². The molecule has 0 aliphatic heterocycles. The highest BCUT2D eigenvalue weighted by atomic mass is 79.9. The third kappa shape index (κ3) is 8.79. The van der Waals surface area contributed by atoms with Gasteiger partial charge in [0.25, 0.3) is 0 Å². The van der Waals surface area contributed by atoms with Crippen molar-refractivity contribution in [3.8, 4) is 23.0 Å². The summed E-state index contributed by atoms with van der Waals surface area (Å²) in [6, 6.07) is 40.0. The van der Waals surface area contributed by atoms with Crippen LogP contribution in [0.1, 0.15) is 16.7 Å². The predicted molar refractivity (Wildman–Crippen MR) is 203 cm³/mol. The number of ether oxygens (including phenoxy) is 1. The molecule has 0 saturated heterocycles. The van der Waals surface area contributed by atoms with E-state index < -0.39 is 10.0 Å². The van der Waals surface area contributed by atoms with Crippen LogP contribution in [0.15, 0.2) is 148 Å². The molecule has 0 bridgehead atoms. The van der Waals surface area contributed by atoms with Crippen molar-refractivity contribution in [3.05, 3.63) is 156 Å². The maximum atomic E-state index is 13.4. The zero-order chi connectivity index (χ0) is 34.5. The highest BCUT2D eigenvalue weighted by Crippen LogP contribution is 2.30. The Kier molecular flexibility index (Phi) is 10.8. The number of hydrogen-bond acceptors (Lipinski definition) is 6. The van der Waals surface area contributed by atoms with Gasteiger partial charge in [0.2, 0.25) is 15.9 Å². The first-order valence-corrected chi connectivity index (χ1v) is 17.4. The van der Waals surface area contributed by atoms with Crippen LogP contribution < -0.4 is 20.5 Å². The van der Waals surface area contributed by atoms with E-state index in [1.807, 2.05) is 72.8 Å². The topological polar surface area (TPSA) is 132 Å². The molecular formula is C39H33BrFN5O4S. The number of aromatic nitrogens is 1. The van der Waals surface area contributed by atoms with Crippen molar-refractivity contribution in [2.45, 2.75) is 24.5 Å². The maximum Gasteiger partial charge on any atom is 0.238 e. The molecule has 51 heavy (non-hydrogen) atoms. The summed E-state index contributed by atoms with van der Waals surface area (Å²) in [5.74, 6) is 2.09. The van der Waals surface area contributed by atoms with Crippen LogP contribution in [0.2, 0.25) is 0 Å². The van der Waals surface area contributed by atoms with Crippen molar-refractivity contribution < 1.29 is 22.0 Å². The first-order valence-electron chi connectivity index (χ1n) is 15.8. The molecule has 258 valence electrons. The molecule has 12 heteroatoms. The molecule has 0 unspecified atom stereocenters. The molecule has 0 radical (unpaired) electrons. The quantitative estimate of drug-likeness (QED) is 0.0944. The number of guanidine groups is 1. The van der Waals surface area contributed by atoms with Crippen LogP contribution in [0.3, 0.4) is 0 Å². The normalized spacial score (nSPS) is 11.7. The predicted octanol–water partition coefficient (Wildman–Crippen LogP) is 8.24. The van der Waals surface area contributed by atoms with Crippen molar-refractivity contribution in [1.29, 1.82) is 0 Å². The molecule has 1 heterocycles. The Hall–Kier alpha value is -5.56. The number of halogens is 2. The number of hydrogen-bond donors (Lipinski definition) is 3. The first-order chi connectivity index (χ1) is 24.3. The van der Waals surface area contributed by atoms with Gasteiger partial charge in [-0.3, -0.25) is 0 Å². The number of primary sulfonamides is 1. The van der Waals surface area contributed by atoms with Crippen molar-refractivity contribution in [3.63, 3.8) is 0 Å². The zero-order valence-corrected chi connectivity index (χ0v) is 29.7. The van der Waals surface area contributed by atoms with Crippen LogP contribution >= 0.6 is 17.0 Å². The number of benzene rings is 6. The standard InChI is InChI=1S/C39H32FN5O4S.BrH/c40-31-16-14-30(15-17-31)38-45-35-22-28(13-20-37(35)49-38)25-44-39(42-23-26-11-18-33(19-12-26)50(41,46)47)43-24-27-5-3-8-32(21-27)48-36-10-4-7-29-6-1-2-9-34(29)36;/h1-22H,23-25H2,(H2,41,46,47)(H2,42,43,44);1H. The summed E-state index contributed by atoms with van der Waals surface area (Å²) < 4.78 is 49.0. The SMILES string of the molecule is Br.NS(=O)(=O)c1ccc(CNC(=NCc2cccc(Oc3cccc4ccccc34)c2)NCc2ccc3oc(-c4ccc(F)cc4)nc3c2)cc1. The number of aliphatic imine (C=N–C) groups is 1. The Balaban J connectivity index is 0.00000448. The van der Waals surface area contributed by atoms with Gasteiger partial charge in [-0.15, -0.1) is 17.0 Å². The third-order valence-corrected chi connectivity index (χ3v) is 8.94. The van der Waals surface area contributed by atoms with E-state index in [1.54, 1.807) is 24.3 Å². The summed E-state index contributed by atoms with van der Waals surface area (Å²) in [7, 11) is -3.79. The van der Waals surface area contributed by atoms with Crippen LogP contribution in [-0.4, -0.2) is 19.4 Å². The molecule has 0 amide bonds. The van der Waals surface area contributed by atoms with E-state index in [0.29, 0.717) is 53.9 Å². The van der Waals surface area contributed by atoms with Crippen molar-refractivity contribution >= 4 is 54.8 Å². The molecule has 7 rings (SSSR count). The number of nitrogens with two attached hydrogens (primary N) is 1. The second-order valence-electron chi connectivity index (χ2n) is 11.6. The summed E-state index contributed by atoms with van der Waals surface area (Å²) in [6.07, 6.45) is 0. The minimum absolute atomic E-state index is 0. The van der Waals surface area contributed by atoms with Crippen LogP contribution in [0, 0.1) is 5.82 Å². The van der Waals surface area contributed by atoms with Gasteiger partial charge < -0.3 is 19.8 Å². The lowest BCUT2D eigenvalue weighted by atomic mass is 10.1. The fourth-order valence-corrected chi connectivity index (χ4v) is 5.95. The molecule has 0 aliphatic carbocycles. The fourth-order valence-electron chi connectivity index (χ4n) is 5.43. The van der Waals surface area contributed by atoms with Crippen molar-refractivity contribution in [2.75, 3.05) is 0 Å². The van der Waals surface area contributed by atoms with Gasteiger partial charge in [0.1, 0.15) is 22.8 Å². The zero-order valence-electron chi connectivity index (χ0n) is 27.1. The second kappa shape index (κ2) is 15.5. The van der Waals surface area contributed by atoms with Crippen LogP contribution in [0.5, 0.6) is 11.5 Å². The Morgan fingerprint density at radius 1 is 0.784 bits per heavy atom. The molecule has 0 spiro atoms. The third-order valence-electron chi connectivity index (χ3n) is 8.01. The molecule has 9 nitrogen and oxygen atoms in total. The van der Waals surface area contributed by atoms with Gasteiger partial charge in [-0.1, -0.05) is 66.7 Å². The minimum atomic E-state index is -3.79. The number of nitrogens with zero attached hydrogens (tertiary/aromatic N) is 2. The summed E-state index contributed by atoms with van der Waals surface area (Å²) in [4.78, 5) is 9.50. The van der Waals surface area contributed by atoms with Gasteiger partial charge in [-0.25, -0.2) is 27.9 Å². The van der Waals surface area contributed by atoms with E-state index in [-0.39, 0.29) is 27.7 Å². The van der Waals surface area contributed by atoms with E-state index in [1.165, 1.54) is 24.3 Å². The van der Waals surface area contributed by atoms with Gasteiger partial charge in [0, 0.05) is 24.0 Å². The average Bonchev–Trinajstić information content (AvgIpc) is 3.55. The lowest BCUT2D eigenvalue weighted by Crippen LogP contribution is -2.36. The molecule has 7 aromatic rings. The fraction of sp³-hybridized carbons (Fsp3) is 0.0769. The number of nitrogens with one attached hydrogen (secondary N) is 2. The Labute approximate surface area is 304 Å². The van der Waals surface area contributed by atoms with E-state index >= 15 is 0 Å². The van der Waals surface area contributed by atoms with Crippen LogP contribution in [-0.2, 0) is 29.7 Å². The summed E-state index contributed by atoms with van der Waals surface area (Å²) in [5, 5.41) is 14.1. The Morgan fingerprint density at radius 3 is 2.27 bits per heavy atom. The van der Waals surface area contributed by atoms with Crippen LogP contribution in [0.4, 0.5) is 4.39 Å². The number of sulfonamides is 1. The van der Waals surface area contributed by atoms with Gasteiger partial charge in [-0.2, -0.15) is 0 Å². The average molecular weight is 767 g/mol. The highest BCUT2D eigenvalue weighted by Gasteiger charge is 2.11. The Bertz CT molecular complexity index is 2430. The monoisotopic (exact) mass is 765 g/mol. The van der Waals surface area contributed by atoms with E-state index in [0.717, 1.165) is 33.2 Å². The molecular weight excluding hydrogens is 733 g/mol. The van der Waals surface area contributed by atoms with Gasteiger partial charge in [-0.05, 0) is 88.8 Å². The van der Waals surface area contributed by atoms with Gasteiger partial charge >= 0.3 is 0 Å². The molecule has 0 fully saturated rings. The maximum absolute atomic E-state index is 13.4. The van der Waals surface area contributed by atoms with E-state index in [2.05, 4.69) is 27.8 Å². The van der Waals surface area contributed by atoms with Crippen molar-refractivity contribution in [1.82, 2.24) is 15.6 Å². The molecule has 4 N–H and O–H groups in total. The molecule has 0 atom stereocenters. The smallest absolute Gasteiger partial charge is 0.238 e. The molecule has 0 saturated carbocycles. The summed E-state index contributed by atoms with van der Waals surface area (Å²) in [5.41, 5.74) is 4.70. The largest absolute Gasteiger partial charge is 0.457 e. The van der Waals surface area contributed by atoms with Gasteiger partial charge in [0.15, 0.2) is 11.5 Å². The minimum Gasteiger partial charge on any atom is -0.457 e. The lowest BCUT2D eigenvalue weighted by Gasteiger charge is -2.14. The number of fused-ring (bicyclic) bond motifs is 2. The molecule has 6 aromatic carbocycles. The summed E-state index contributed by atoms with van der Waals surface area (Å²) >= 11 is 0. The van der Waals surface area contributed by atoms with E-state index in [4.69, 9.17) is 19.3 Å². The Morgan fingerprint density at radius 2 is 1.49 bits per heavy atom. The molecule has 0 aliphatic rings. The summed E-state index contributed by atoms with van der Waals surface area (Å²) in [6.45, 7) is 1.16. The highest BCUT2D eigenvalue weighted by molar-refractivity contribution is 8.93. The number of oxazole rings is 1. The van der Waals surface area contributed by atoms with Crippen LogP contribution in [0.25, 0.3) is 33.3 Å². The van der Waals surface area contributed by atoms with E-state index in [9.17, 15) is 12.8 Å². The molecule has 1 aromatic heterocycles. The second-order valence-corrected chi connectivity index (χ2v) is 13.2. The first kappa shape index (κ1) is 35.3. The van der Waals surface area contributed by atoms with Crippen molar-refractivity contribution in [2.24, 2.45) is 10.1 Å². The lowest BCUT2D eigenvalue weighted by molar-refractivity contribution is 0.487.